The molecule has 4 atom stereocenters. The predicted molar refractivity (Wildman–Crippen MR) is 209 cm³/mol. The molecule has 0 bridgehead atoms. The number of methoxy groups -OCH3 is 3. The van der Waals surface area contributed by atoms with Crippen LogP contribution in [-0.2, 0) is 54.1 Å². The molecule has 0 saturated carbocycles. The summed E-state index contributed by atoms with van der Waals surface area (Å²) in [5.41, 5.74) is 2.66. The SMILES string of the molecule is COC(=O)CC(C(=O)OCOC(=O)[C@H](O)C[C@@H](Cc1ccc(-c2cccc(Cl)c2)cc1)NC(=O)c1cc(OC)no1)C(C)C.COC(=O)C[C@H](C(=O)OCCl)C(C)C. The molecule has 1 aromatic heterocycles. The van der Waals surface area contributed by atoms with Gasteiger partial charge >= 0.3 is 29.8 Å². The summed E-state index contributed by atoms with van der Waals surface area (Å²) in [6.45, 7) is 6.38. The fraction of sp³-hybridized carbons (Fsp3) is 0.475. The number of hydrogen-bond donors (Lipinski definition) is 2. The van der Waals surface area contributed by atoms with Gasteiger partial charge in [-0.25, -0.2) is 4.79 Å². The second-order valence-electron chi connectivity index (χ2n) is 13.4. The van der Waals surface area contributed by atoms with Crippen molar-refractivity contribution < 1.29 is 66.8 Å². The molecule has 2 aromatic carbocycles. The Morgan fingerprint density at radius 2 is 1.34 bits per heavy atom. The molecule has 318 valence electrons. The van der Waals surface area contributed by atoms with E-state index < -0.39 is 66.5 Å². The predicted octanol–water partition coefficient (Wildman–Crippen LogP) is 5.54. The smallest absolute Gasteiger partial charge is 0.337 e. The van der Waals surface area contributed by atoms with Crippen molar-refractivity contribution in [3.8, 4) is 17.0 Å². The molecule has 0 fully saturated rings. The average molecular weight is 854 g/mol. The van der Waals surface area contributed by atoms with Crippen LogP contribution in [0.15, 0.2) is 59.1 Å². The Labute approximate surface area is 346 Å². The van der Waals surface area contributed by atoms with Gasteiger partial charge in [-0.1, -0.05) is 87.3 Å². The summed E-state index contributed by atoms with van der Waals surface area (Å²) < 4.78 is 33.6. The molecule has 0 radical (unpaired) electrons. The van der Waals surface area contributed by atoms with Gasteiger partial charge < -0.3 is 43.4 Å². The summed E-state index contributed by atoms with van der Waals surface area (Å²) in [6.07, 6.45) is -1.84. The Kier molecular flexibility index (Phi) is 21.3. The number of rotatable bonds is 20. The van der Waals surface area contributed by atoms with Gasteiger partial charge in [0.2, 0.25) is 12.6 Å². The third-order valence-electron chi connectivity index (χ3n) is 8.67. The highest BCUT2D eigenvalue weighted by Gasteiger charge is 2.30. The van der Waals surface area contributed by atoms with E-state index >= 15 is 0 Å². The first-order chi connectivity index (χ1) is 27.5. The lowest BCUT2D eigenvalue weighted by Gasteiger charge is -2.21. The molecule has 3 rings (SSSR count). The van der Waals surface area contributed by atoms with Crippen LogP contribution in [0.25, 0.3) is 11.1 Å². The standard InChI is InChI=1S/C31H35ClN2O10.C9H15ClO4/c1-18(2)24(15-28(36)41-4)30(38)42-17-43-31(39)25(35)14-23(33-29(37)26-16-27(40-3)34-44-26)12-19-8-10-20(11-9-19)21-6-5-7-22(32)13-21;1-6(2)7(4-8(11)13-3)9(12)14-5-10/h5-11,13,16,18,23-25,35H,12,14-15,17H2,1-4H3,(H,33,37);6-7H,4-5H2,1-3H3/t23-,24?,25-;7-/m10/s1. The van der Waals surface area contributed by atoms with E-state index in [4.69, 9.17) is 41.9 Å². The van der Waals surface area contributed by atoms with E-state index in [9.17, 15) is 33.9 Å². The summed E-state index contributed by atoms with van der Waals surface area (Å²) in [5, 5.41) is 17.6. The lowest BCUT2D eigenvalue weighted by molar-refractivity contribution is -0.178. The van der Waals surface area contributed by atoms with E-state index in [1.165, 1.54) is 27.4 Å². The van der Waals surface area contributed by atoms with Gasteiger partial charge in [0, 0.05) is 17.5 Å². The van der Waals surface area contributed by atoms with Crippen molar-refractivity contribution in [3.63, 3.8) is 0 Å². The van der Waals surface area contributed by atoms with E-state index in [-0.39, 0.29) is 55.2 Å². The minimum absolute atomic E-state index is 0.0183. The number of alkyl halides is 1. The normalized spacial score (nSPS) is 12.8. The van der Waals surface area contributed by atoms with Crippen molar-refractivity contribution in [2.45, 2.75) is 65.5 Å². The molecular formula is C40H50Cl2N2O14. The third-order valence-corrected chi connectivity index (χ3v) is 9.02. The topological polar surface area (TPSA) is 216 Å². The van der Waals surface area contributed by atoms with E-state index in [2.05, 4.69) is 24.7 Å². The minimum atomic E-state index is -1.68. The van der Waals surface area contributed by atoms with Crippen molar-refractivity contribution in [1.29, 1.82) is 0 Å². The molecule has 0 aliphatic carbocycles. The van der Waals surface area contributed by atoms with Gasteiger partial charge in [0.05, 0.1) is 52.1 Å². The Hall–Kier alpha value is -5.19. The zero-order valence-electron chi connectivity index (χ0n) is 33.4. The van der Waals surface area contributed by atoms with Crippen LogP contribution in [0, 0.1) is 23.7 Å². The molecular weight excluding hydrogens is 803 g/mol. The van der Waals surface area contributed by atoms with Gasteiger partial charge in [0.25, 0.3) is 11.8 Å². The number of aliphatic hydroxyl groups excluding tert-OH is 1. The molecule has 18 heteroatoms. The molecule has 0 spiro atoms. The highest BCUT2D eigenvalue weighted by molar-refractivity contribution is 6.30. The van der Waals surface area contributed by atoms with Gasteiger partial charge in [-0.05, 0) is 52.2 Å². The van der Waals surface area contributed by atoms with E-state index in [1.807, 2.05) is 56.3 Å². The van der Waals surface area contributed by atoms with E-state index in [1.54, 1.807) is 19.9 Å². The molecule has 1 heterocycles. The first-order valence-electron chi connectivity index (χ1n) is 18.1. The second kappa shape index (κ2) is 25.2. The number of carbonyl (C=O) groups is 6. The van der Waals surface area contributed by atoms with Gasteiger partial charge in [0.1, 0.15) is 0 Å². The number of hydrogen-bond acceptors (Lipinski definition) is 15. The molecule has 1 unspecified atom stereocenters. The number of halogens is 2. The van der Waals surface area contributed by atoms with Gasteiger partial charge in [0.15, 0.2) is 12.2 Å². The van der Waals surface area contributed by atoms with Crippen LogP contribution in [0.5, 0.6) is 5.88 Å². The number of amides is 1. The van der Waals surface area contributed by atoms with E-state index in [0.29, 0.717) is 5.02 Å². The molecule has 16 nitrogen and oxygen atoms in total. The summed E-state index contributed by atoms with van der Waals surface area (Å²) in [5.74, 6) is -5.44. The number of benzene rings is 2. The van der Waals surface area contributed by atoms with Crippen LogP contribution in [-0.4, -0.2) is 92.4 Å². The molecule has 0 saturated heterocycles. The van der Waals surface area contributed by atoms with Gasteiger partial charge in [-0.3, -0.25) is 24.0 Å². The van der Waals surface area contributed by atoms with Gasteiger partial charge in [-0.15, -0.1) is 0 Å². The number of nitrogens with zero attached hydrogens (tertiary/aromatic N) is 1. The number of ether oxygens (including phenoxy) is 6. The molecule has 2 N–H and O–H groups in total. The van der Waals surface area contributed by atoms with Crippen LogP contribution in [0.1, 0.15) is 63.1 Å². The number of aromatic nitrogens is 1. The zero-order valence-corrected chi connectivity index (χ0v) is 34.9. The maximum atomic E-state index is 12.9. The van der Waals surface area contributed by atoms with Crippen LogP contribution in [0.3, 0.4) is 0 Å². The Morgan fingerprint density at radius 3 is 1.84 bits per heavy atom. The Morgan fingerprint density at radius 1 is 0.776 bits per heavy atom. The maximum Gasteiger partial charge on any atom is 0.337 e. The van der Waals surface area contributed by atoms with Crippen molar-refractivity contribution >= 4 is 59.0 Å². The Balaban J connectivity index is 0.000000704. The third kappa shape index (κ3) is 16.7. The zero-order chi connectivity index (χ0) is 43.4. The minimum Gasteiger partial charge on any atom is -0.479 e. The highest BCUT2D eigenvalue weighted by Crippen LogP contribution is 2.24. The van der Waals surface area contributed by atoms with E-state index in [0.717, 1.165) is 16.7 Å². The average Bonchev–Trinajstić information content (AvgIpc) is 3.69. The second-order valence-corrected chi connectivity index (χ2v) is 14.1. The molecule has 0 aliphatic heterocycles. The first-order valence-corrected chi connectivity index (χ1v) is 19.0. The monoisotopic (exact) mass is 852 g/mol. The first kappa shape index (κ1) is 49.0. The van der Waals surface area contributed by atoms with Gasteiger partial charge in [-0.2, -0.15) is 0 Å². The molecule has 3 aromatic rings. The lowest BCUT2D eigenvalue weighted by atomic mass is 9.93. The van der Waals surface area contributed by atoms with Crippen LogP contribution < -0.4 is 10.1 Å². The molecule has 58 heavy (non-hydrogen) atoms. The fourth-order valence-electron chi connectivity index (χ4n) is 5.28. The largest absolute Gasteiger partial charge is 0.479 e. The summed E-state index contributed by atoms with van der Waals surface area (Å²) in [6, 6.07) is 15.3. The highest BCUT2D eigenvalue weighted by atomic mass is 35.5. The summed E-state index contributed by atoms with van der Waals surface area (Å²) >= 11 is 11.4. The molecule has 1 amide bonds. The fourth-order valence-corrected chi connectivity index (χ4v) is 5.58. The Bertz CT molecular complexity index is 1800. The number of aliphatic hydroxyl groups is 1. The van der Waals surface area contributed by atoms with Crippen molar-refractivity contribution in [1.82, 2.24) is 10.5 Å². The number of esters is 5. The molecule has 0 aliphatic rings. The lowest BCUT2D eigenvalue weighted by Crippen LogP contribution is -2.41. The number of carbonyl (C=O) groups excluding carboxylic acids is 6. The van der Waals surface area contributed by atoms with Crippen LogP contribution in [0.4, 0.5) is 0 Å². The van der Waals surface area contributed by atoms with Crippen molar-refractivity contribution in [3.05, 3.63) is 70.9 Å². The summed E-state index contributed by atoms with van der Waals surface area (Å²) in [4.78, 5) is 71.7. The maximum absolute atomic E-state index is 12.9. The number of nitrogens with one attached hydrogen (secondary N) is 1. The van der Waals surface area contributed by atoms with Crippen LogP contribution in [0.2, 0.25) is 5.02 Å². The quantitative estimate of drug-likeness (QED) is 0.0618. The van der Waals surface area contributed by atoms with Crippen molar-refractivity contribution in [2.24, 2.45) is 23.7 Å². The summed E-state index contributed by atoms with van der Waals surface area (Å²) in [7, 11) is 3.87. The van der Waals surface area contributed by atoms with Crippen LogP contribution >= 0.6 is 23.2 Å². The van der Waals surface area contributed by atoms with Crippen molar-refractivity contribution in [2.75, 3.05) is 34.2 Å².